The quantitative estimate of drug-likeness (QED) is 0.765. The molecule has 118 valence electrons. The Bertz CT molecular complexity index is 269. The molecule has 1 N–H and O–H groups in total. The summed E-state index contributed by atoms with van der Waals surface area (Å²) in [5.41, 5.74) is 0.436. The van der Waals surface area contributed by atoms with Crippen LogP contribution in [0, 0.1) is 5.41 Å². The zero-order valence-corrected chi connectivity index (χ0v) is 13.7. The van der Waals surface area contributed by atoms with Crippen molar-refractivity contribution in [3.8, 4) is 0 Å². The van der Waals surface area contributed by atoms with Gasteiger partial charge in [0.25, 0.3) is 0 Å². The van der Waals surface area contributed by atoms with Crippen LogP contribution in [0.15, 0.2) is 0 Å². The molecule has 0 saturated carbocycles. The van der Waals surface area contributed by atoms with Crippen molar-refractivity contribution in [2.24, 2.45) is 5.41 Å². The van der Waals surface area contributed by atoms with Crippen LogP contribution in [0.2, 0.25) is 0 Å². The van der Waals surface area contributed by atoms with Crippen LogP contribution in [0.1, 0.15) is 33.1 Å². The predicted molar refractivity (Wildman–Crippen MR) is 84.2 cm³/mol. The van der Waals surface area contributed by atoms with E-state index < -0.39 is 0 Å². The lowest BCUT2D eigenvalue weighted by Crippen LogP contribution is -2.47. The van der Waals surface area contributed by atoms with E-state index in [1.807, 2.05) is 0 Å². The maximum Gasteiger partial charge on any atom is 0.0472 e. The number of ether oxygens (including phenoxy) is 1. The fourth-order valence-corrected chi connectivity index (χ4v) is 4.04. The van der Waals surface area contributed by atoms with E-state index in [0.29, 0.717) is 5.41 Å². The number of likely N-dealkylation sites (tertiary alicyclic amines) is 1. The Balaban J connectivity index is 1.88. The highest BCUT2D eigenvalue weighted by molar-refractivity contribution is 4.91. The normalized spacial score (nSPS) is 27.3. The molecular formula is C16H33N3O. The molecule has 4 heteroatoms. The van der Waals surface area contributed by atoms with Crippen LogP contribution in [-0.2, 0) is 4.74 Å². The molecule has 0 spiro atoms. The fraction of sp³-hybridized carbons (Fsp3) is 1.00. The van der Waals surface area contributed by atoms with Gasteiger partial charge in [-0.3, -0.25) is 4.90 Å². The van der Waals surface area contributed by atoms with Crippen LogP contribution in [0.25, 0.3) is 0 Å². The van der Waals surface area contributed by atoms with Gasteiger partial charge in [-0.05, 0) is 51.4 Å². The minimum absolute atomic E-state index is 0.436. The van der Waals surface area contributed by atoms with E-state index in [9.17, 15) is 0 Å². The van der Waals surface area contributed by atoms with Gasteiger partial charge >= 0.3 is 0 Å². The van der Waals surface area contributed by atoms with Crippen molar-refractivity contribution in [1.29, 1.82) is 0 Å². The zero-order valence-electron chi connectivity index (χ0n) is 13.7. The Morgan fingerprint density at radius 1 is 1.25 bits per heavy atom. The number of rotatable bonds is 7. The Hall–Kier alpha value is -0.160. The number of nitrogens with zero attached hydrogens (tertiary/aromatic N) is 2. The lowest BCUT2D eigenvalue weighted by Gasteiger charge is -2.40. The molecule has 0 aromatic heterocycles. The molecule has 20 heavy (non-hydrogen) atoms. The first-order valence-corrected chi connectivity index (χ1v) is 8.42. The van der Waals surface area contributed by atoms with Crippen molar-refractivity contribution in [1.82, 2.24) is 15.1 Å². The maximum absolute atomic E-state index is 5.58. The second kappa shape index (κ2) is 7.74. The van der Waals surface area contributed by atoms with E-state index in [-0.39, 0.29) is 0 Å². The summed E-state index contributed by atoms with van der Waals surface area (Å²) in [5, 5.41) is 3.42. The second-order valence-corrected chi connectivity index (χ2v) is 6.54. The molecule has 0 amide bonds. The smallest absolute Gasteiger partial charge is 0.0472 e. The molecule has 2 heterocycles. The van der Waals surface area contributed by atoms with Crippen LogP contribution in [0.4, 0.5) is 0 Å². The van der Waals surface area contributed by atoms with Gasteiger partial charge in [-0.2, -0.15) is 0 Å². The summed E-state index contributed by atoms with van der Waals surface area (Å²) in [7, 11) is 2.08. The Morgan fingerprint density at radius 3 is 2.55 bits per heavy atom. The van der Waals surface area contributed by atoms with Gasteiger partial charge in [-0.25, -0.2) is 0 Å². The molecular weight excluding hydrogens is 250 g/mol. The molecule has 2 aliphatic rings. The van der Waals surface area contributed by atoms with Gasteiger partial charge in [0.15, 0.2) is 0 Å². The predicted octanol–water partition coefficient (Wildman–Crippen LogP) is 1.42. The Labute approximate surface area is 124 Å². The van der Waals surface area contributed by atoms with E-state index in [4.69, 9.17) is 4.74 Å². The Morgan fingerprint density at radius 2 is 1.95 bits per heavy atom. The highest BCUT2D eigenvalue weighted by Crippen LogP contribution is 2.32. The van der Waals surface area contributed by atoms with Crippen molar-refractivity contribution in [3.05, 3.63) is 0 Å². The number of nitrogens with one attached hydrogen (secondary N) is 1. The first-order valence-electron chi connectivity index (χ1n) is 8.42. The zero-order chi connectivity index (χ0) is 14.4. The van der Waals surface area contributed by atoms with Gasteiger partial charge in [0, 0.05) is 38.9 Å². The minimum atomic E-state index is 0.436. The van der Waals surface area contributed by atoms with Crippen LogP contribution in [0.3, 0.4) is 0 Å². The van der Waals surface area contributed by atoms with Gasteiger partial charge in [0.2, 0.25) is 0 Å². The second-order valence-electron chi connectivity index (χ2n) is 6.54. The van der Waals surface area contributed by atoms with Crippen molar-refractivity contribution in [2.45, 2.75) is 39.2 Å². The number of likely N-dealkylation sites (N-methyl/N-ethyl adjacent to an activating group) is 1. The standard InChI is InChI=1S/C16H33N3O/c1-4-19(5-2)15-6-9-18(12-15)14-16(13-17-3)7-10-20-11-8-16/h15,17H,4-14H2,1-3H3. The van der Waals surface area contributed by atoms with Gasteiger partial charge in [-0.15, -0.1) is 0 Å². The maximum atomic E-state index is 5.58. The van der Waals surface area contributed by atoms with E-state index >= 15 is 0 Å². The van der Waals surface area contributed by atoms with Gasteiger partial charge in [0.05, 0.1) is 0 Å². The average molecular weight is 283 g/mol. The third-order valence-electron chi connectivity index (χ3n) is 5.24. The van der Waals surface area contributed by atoms with Crippen LogP contribution < -0.4 is 5.32 Å². The summed E-state index contributed by atoms with van der Waals surface area (Å²) in [6.07, 6.45) is 3.76. The molecule has 1 atom stereocenters. The molecule has 4 nitrogen and oxygen atoms in total. The summed E-state index contributed by atoms with van der Waals surface area (Å²) in [4.78, 5) is 5.32. The van der Waals surface area contributed by atoms with Gasteiger partial charge in [0.1, 0.15) is 0 Å². The van der Waals surface area contributed by atoms with E-state index in [1.165, 1.54) is 52.0 Å². The van der Waals surface area contributed by atoms with Crippen LogP contribution >= 0.6 is 0 Å². The molecule has 0 radical (unpaired) electrons. The third-order valence-corrected chi connectivity index (χ3v) is 5.24. The summed E-state index contributed by atoms with van der Waals surface area (Å²) < 4.78 is 5.58. The average Bonchev–Trinajstić information content (AvgIpc) is 2.89. The molecule has 2 rings (SSSR count). The number of hydrogen-bond donors (Lipinski definition) is 1. The molecule has 1 unspecified atom stereocenters. The van der Waals surface area contributed by atoms with E-state index in [0.717, 1.165) is 25.8 Å². The van der Waals surface area contributed by atoms with Crippen molar-refractivity contribution < 1.29 is 4.74 Å². The van der Waals surface area contributed by atoms with Crippen molar-refractivity contribution in [3.63, 3.8) is 0 Å². The number of hydrogen-bond acceptors (Lipinski definition) is 4. The fourth-order valence-electron chi connectivity index (χ4n) is 4.04. The lowest BCUT2D eigenvalue weighted by molar-refractivity contribution is -0.000975. The molecule has 0 aromatic carbocycles. The third kappa shape index (κ3) is 3.94. The van der Waals surface area contributed by atoms with Crippen LogP contribution in [-0.4, -0.2) is 75.4 Å². The summed E-state index contributed by atoms with van der Waals surface area (Å²) in [6.45, 7) is 13.7. The lowest BCUT2D eigenvalue weighted by atomic mass is 9.79. The van der Waals surface area contributed by atoms with Crippen LogP contribution in [0.5, 0.6) is 0 Å². The van der Waals surface area contributed by atoms with E-state index in [2.05, 4.69) is 36.0 Å². The summed E-state index contributed by atoms with van der Waals surface area (Å²) >= 11 is 0. The largest absolute Gasteiger partial charge is 0.381 e. The molecule has 2 saturated heterocycles. The molecule has 0 bridgehead atoms. The highest BCUT2D eigenvalue weighted by Gasteiger charge is 2.36. The first kappa shape index (κ1) is 16.2. The topological polar surface area (TPSA) is 27.7 Å². The monoisotopic (exact) mass is 283 g/mol. The summed E-state index contributed by atoms with van der Waals surface area (Å²) in [6, 6.07) is 0.775. The van der Waals surface area contributed by atoms with Crippen molar-refractivity contribution in [2.75, 3.05) is 59.5 Å². The van der Waals surface area contributed by atoms with Crippen molar-refractivity contribution >= 4 is 0 Å². The molecule has 2 fully saturated rings. The van der Waals surface area contributed by atoms with Gasteiger partial charge in [-0.1, -0.05) is 13.8 Å². The van der Waals surface area contributed by atoms with E-state index in [1.54, 1.807) is 0 Å². The van der Waals surface area contributed by atoms with Gasteiger partial charge < -0.3 is 15.0 Å². The SMILES string of the molecule is CCN(CC)C1CCN(CC2(CNC)CCOCC2)C1. The Kier molecular flexibility index (Phi) is 6.27. The first-order chi connectivity index (χ1) is 9.73. The molecule has 0 aliphatic carbocycles. The highest BCUT2D eigenvalue weighted by atomic mass is 16.5. The molecule has 2 aliphatic heterocycles. The molecule has 0 aromatic rings. The summed E-state index contributed by atoms with van der Waals surface area (Å²) in [5.74, 6) is 0. The minimum Gasteiger partial charge on any atom is -0.381 e.